The van der Waals surface area contributed by atoms with E-state index in [1.54, 1.807) is 0 Å². The van der Waals surface area contributed by atoms with Crippen LogP contribution in [-0.4, -0.2) is 38.4 Å². The van der Waals surface area contributed by atoms with Crippen LogP contribution in [0.3, 0.4) is 0 Å². The van der Waals surface area contributed by atoms with Gasteiger partial charge in [0, 0.05) is 19.5 Å². The molecule has 1 aromatic heterocycles. The number of aryl methyl sites for hydroxylation is 1. The van der Waals surface area contributed by atoms with Gasteiger partial charge < -0.3 is 20.7 Å². The fraction of sp³-hybridized carbons (Fsp3) is 0.364. The number of nitro groups is 1. The van der Waals surface area contributed by atoms with Crippen molar-refractivity contribution in [3.05, 3.63) is 28.1 Å². The van der Waals surface area contributed by atoms with Crippen molar-refractivity contribution in [2.24, 2.45) is 12.8 Å². The quantitative estimate of drug-likeness (QED) is 0.449. The van der Waals surface area contributed by atoms with E-state index in [2.05, 4.69) is 5.32 Å². The van der Waals surface area contributed by atoms with Crippen molar-refractivity contribution in [2.45, 2.75) is 18.9 Å². The Morgan fingerprint density at radius 3 is 2.57 bits per heavy atom. The first-order chi connectivity index (χ1) is 9.72. The smallest absolute Gasteiger partial charge is 0.326 e. The van der Waals surface area contributed by atoms with Gasteiger partial charge in [-0.1, -0.05) is 0 Å². The molecular formula is C11H14N4O6. The Hall–Kier alpha value is -2.91. The summed E-state index contributed by atoms with van der Waals surface area (Å²) in [6.45, 7) is 0. The molecule has 1 heterocycles. The molecule has 1 rings (SSSR count). The Bertz CT molecular complexity index is 594. The fourth-order valence-corrected chi connectivity index (χ4v) is 1.65. The maximum absolute atomic E-state index is 11.9. The van der Waals surface area contributed by atoms with E-state index < -0.39 is 28.7 Å². The van der Waals surface area contributed by atoms with Gasteiger partial charge >= 0.3 is 5.97 Å². The van der Waals surface area contributed by atoms with Gasteiger partial charge in [0.15, 0.2) is 0 Å². The number of hydrogen-bond donors (Lipinski definition) is 3. The van der Waals surface area contributed by atoms with E-state index in [9.17, 15) is 24.5 Å². The number of carbonyl (C=O) groups excluding carboxylic acids is 2. The average molecular weight is 298 g/mol. The van der Waals surface area contributed by atoms with E-state index in [-0.39, 0.29) is 24.2 Å². The lowest BCUT2D eigenvalue weighted by Gasteiger charge is -2.13. The van der Waals surface area contributed by atoms with E-state index in [0.29, 0.717) is 0 Å². The molecule has 10 heteroatoms. The standard InChI is InChI=1S/C11H14N4O6/c1-14-5-6(15(20)21)4-8(14)10(17)13-7(11(18)19)2-3-9(12)16/h4-5,7H,2-3H2,1H3,(H2,12,16)(H,13,17)(H,18,19)/t7-/m0/s1. The predicted octanol–water partition coefficient (Wildman–Crippen LogP) is -0.618. The third-order valence-corrected chi connectivity index (χ3v) is 2.72. The van der Waals surface area contributed by atoms with Crippen molar-refractivity contribution >= 4 is 23.5 Å². The molecule has 1 aromatic rings. The number of nitrogens with zero attached hydrogens (tertiary/aromatic N) is 2. The second-order valence-electron chi connectivity index (χ2n) is 4.32. The first kappa shape index (κ1) is 16.1. The summed E-state index contributed by atoms with van der Waals surface area (Å²) in [5.74, 6) is -2.80. The summed E-state index contributed by atoms with van der Waals surface area (Å²) in [6, 6.07) is -0.276. The van der Waals surface area contributed by atoms with Crippen LogP contribution in [0.15, 0.2) is 12.3 Å². The van der Waals surface area contributed by atoms with E-state index >= 15 is 0 Å². The Labute approximate surface area is 118 Å². The number of carbonyl (C=O) groups is 3. The van der Waals surface area contributed by atoms with E-state index in [4.69, 9.17) is 10.8 Å². The zero-order valence-corrected chi connectivity index (χ0v) is 11.1. The molecule has 0 unspecified atom stereocenters. The van der Waals surface area contributed by atoms with Gasteiger partial charge in [-0.05, 0) is 6.42 Å². The maximum Gasteiger partial charge on any atom is 0.326 e. The normalized spacial score (nSPS) is 11.7. The molecule has 21 heavy (non-hydrogen) atoms. The zero-order valence-electron chi connectivity index (χ0n) is 11.1. The third-order valence-electron chi connectivity index (χ3n) is 2.72. The Kier molecular flexibility index (Phi) is 5.00. The van der Waals surface area contributed by atoms with Crippen molar-refractivity contribution in [1.82, 2.24) is 9.88 Å². The summed E-state index contributed by atoms with van der Waals surface area (Å²) in [5, 5.41) is 21.8. The molecule has 0 aliphatic carbocycles. The highest BCUT2D eigenvalue weighted by Gasteiger charge is 2.24. The van der Waals surface area contributed by atoms with Crippen molar-refractivity contribution in [3.8, 4) is 0 Å². The number of aromatic nitrogens is 1. The van der Waals surface area contributed by atoms with Crippen LogP contribution in [0, 0.1) is 10.1 Å². The minimum Gasteiger partial charge on any atom is -0.480 e. The lowest BCUT2D eigenvalue weighted by molar-refractivity contribution is -0.384. The van der Waals surface area contributed by atoms with Gasteiger partial charge in [0.1, 0.15) is 11.7 Å². The van der Waals surface area contributed by atoms with Gasteiger partial charge in [-0.25, -0.2) is 4.79 Å². The molecule has 0 bridgehead atoms. The van der Waals surface area contributed by atoms with Gasteiger partial charge in [-0.15, -0.1) is 0 Å². The number of primary amides is 1. The number of rotatable bonds is 7. The van der Waals surface area contributed by atoms with E-state index in [1.807, 2.05) is 0 Å². The highest BCUT2D eigenvalue weighted by atomic mass is 16.6. The summed E-state index contributed by atoms with van der Waals surface area (Å²) in [7, 11) is 1.42. The minimum atomic E-state index is -1.33. The number of nitrogens with one attached hydrogen (secondary N) is 1. The largest absolute Gasteiger partial charge is 0.480 e. The van der Waals surface area contributed by atoms with Crippen LogP contribution in [0.1, 0.15) is 23.3 Å². The summed E-state index contributed by atoms with van der Waals surface area (Å²) in [4.78, 5) is 43.5. The van der Waals surface area contributed by atoms with Gasteiger partial charge in [-0.2, -0.15) is 0 Å². The van der Waals surface area contributed by atoms with Crippen LogP contribution in [0.4, 0.5) is 5.69 Å². The number of carboxylic acid groups (broad SMARTS) is 1. The molecule has 1 atom stereocenters. The topological polar surface area (TPSA) is 158 Å². The van der Waals surface area contributed by atoms with Gasteiger partial charge in [0.05, 0.1) is 11.1 Å². The van der Waals surface area contributed by atoms with Gasteiger partial charge in [0.25, 0.3) is 11.6 Å². The second kappa shape index (κ2) is 6.50. The van der Waals surface area contributed by atoms with Crippen LogP contribution < -0.4 is 11.1 Å². The SMILES string of the molecule is Cn1cc([N+](=O)[O-])cc1C(=O)N[C@@H](CCC(N)=O)C(=O)O. The Balaban J connectivity index is 2.84. The number of amides is 2. The zero-order chi connectivity index (χ0) is 16.2. The van der Waals surface area contributed by atoms with Crippen LogP contribution >= 0.6 is 0 Å². The first-order valence-electron chi connectivity index (χ1n) is 5.85. The van der Waals surface area contributed by atoms with Crippen LogP contribution in [-0.2, 0) is 16.6 Å². The van der Waals surface area contributed by atoms with Crippen molar-refractivity contribution < 1.29 is 24.4 Å². The van der Waals surface area contributed by atoms with Crippen LogP contribution in [0.5, 0.6) is 0 Å². The molecule has 4 N–H and O–H groups in total. The van der Waals surface area contributed by atoms with Crippen molar-refractivity contribution in [3.63, 3.8) is 0 Å². The molecule has 0 saturated carbocycles. The molecule has 0 fully saturated rings. The lowest BCUT2D eigenvalue weighted by Crippen LogP contribution is -2.41. The van der Waals surface area contributed by atoms with E-state index in [0.717, 1.165) is 12.3 Å². The molecule has 0 aliphatic heterocycles. The number of carboxylic acids is 1. The number of nitrogens with two attached hydrogens (primary N) is 1. The molecule has 114 valence electrons. The number of aliphatic carboxylic acids is 1. The molecule has 0 saturated heterocycles. The molecule has 0 radical (unpaired) electrons. The molecule has 0 spiro atoms. The van der Waals surface area contributed by atoms with Gasteiger partial charge in [-0.3, -0.25) is 19.7 Å². The monoisotopic (exact) mass is 298 g/mol. The van der Waals surface area contributed by atoms with Crippen LogP contribution in [0.25, 0.3) is 0 Å². The number of hydrogen-bond acceptors (Lipinski definition) is 5. The molecule has 0 aromatic carbocycles. The Morgan fingerprint density at radius 1 is 1.52 bits per heavy atom. The maximum atomic E-state index is 11.9. The van der Waals surface area contributed by atoms with Crippen molar-refractivity contribution in [2.75, 3.05) is 0 Å². The lowest BCUT2D eigenvalue weighted by atomic mass is 10.1. The summed E-state index contributed by atoms with van der Waals surface area (Å²) in [5.41, 5.74) is 4.57. The molecule has 0 aliphatic rings. The summed E-state index contributed by atoms with van der Waals surface area (Å²) < 4.78 is 1.21. The highest BCUT2D eigenvalue weighted by molar-refractivity contribution is 5.96. The predicted molar refractivity (Wildman–Crippen MR) is 69.4 cm³/mol. The molecular weight excluding hydrogens is 284 g/mol. The fourth-order valence-electron chi connectivity index (χ4n) is 1.65. The summed E-state index contributed by atoms with van der Waals surface area (Å²) in [6.07, 6.45) is 0.765. The third kappa shape index (κ3) is 4.30. The Morgan fingerprint density at radius 2 is 2.14 bits per heavy atom. The molecule has 10 nitrogen and oxygen atoms in total. The van der Waals surface area contributed by atoms with Crippen LogP contribution in [0.2, 0.25) is 0 Å². The van der Waals surface area contributed by atoms with Crippen molar-refractivity contribution in [1.29, 1.82) is 0 Å². The molecule has 2 amide bonds. The average Bonchev–Trinajstić information content (AvgIpc) is 2.76. The van der Waals surface area contributed by atoms with E-state index in [1.165, 1.54) is 11.6 Å². The highest BCUT2D eigenvalue weighted by Crippen LogP contribution is 2.15. The van der Waals surface area contributed by atoms with Gasteiger partial charge in [0.2, 0.25) is 5.91 Å². The second-order valence-corrected chi connectivity index (χ2v) is 4.32. The summed E-state index contributed by atoms with van der Waals surface area (Å²) >= 11 is 0. The first-order valence-corrected chi connectivity index (χ1v) is 5.85. The minimum absolute atomic E-state index is 0.0629.